The maximum absolute atomic E-state index is 5.71. The van der Waals surface area contributed by atoms with E-state index in [9.17, 15) is 0 Å². The molecule has 3 heterocycles. The van der Waals surface area contributed by atoms with Crippen LogP contribution in [0.4, 0.5) is 0 Å². The van der Waals surface area contributed by atoms with Crippen molar-refractivity contribution in [2.24, 2.45) is 11.8 Å². The first-order chi connectivity index (χ1) is 12.5. The maximum Gasteiger partial charge on any atom is 0.162 e. The van der Waals surface area contributed by atoms with Gasteiger partial charge in [-0.05, 0) is 45.2 Å². The number of nitrogens with zero attached hydrogens (tertiary/aromatic N) is 4. The lowest BCUT2D eigenvalue weighted by molar-refractivity contribution is -0.263. The summed E-state index contributed by atoms with van der Waals surface area (Å²) in [6, 6.07) is 2.07. The lowest BCUT2D eigenvalue weighted by atomic mass is 10.1. The minimum atomic E-state index is -0.491. The monoisotopic (exact) mass is 352 g/mol. The number of pyridine rings is 1. The van der Waals surface area contributed by atoms with Crippen LogP contribution in [0.15, 0.2) is 18.5 Å². The van der Waals surface area contributed by atoms with Crippen LogP contribution in [-0.4, -0.2) is 39.0 Å². The number of aromatic nitrogens is 4. The highest BCUT2D eigenvalue weighted by atomic mass is 16.7. The molecule has 2 aromatic heterocycles. The highest BCUT2D eigenvalue weighted by Gasteiger charge is 2.28. The second-order valence-corrected chi connectivity index (χ2v) is 7.65. The average molecular weight is 352 g/mol. The van der Waals surface area contributed by atoms with E-state index in [1.807, 2.05) is 37.8 Å². The molecule has 2 aliphatic rings. The molecule has 0 N–H and O–H groups in total. The van der Waals surface area contributed by atoms with Crippen molar-refractivity contribution in [3.8, 4) is 23.2 Å². The molecule has 1 saturated heterocycles. The summed E-state index contributed by atoms with van der Waals surface area (Å²) < 4.78 is 13.3. The van der Waals surface area contributed by atoms with Gasteiger partial charge in [0.25, 0.3) is 0 Å². The van der Waals surface area contributed by atoms with E-state index in [2.05, 4.69) is 33.2 Å². The predicted molar refractivity (Wildman–Crippen MR) is 97.1 cm³/mol. The van der Waals surface area contributed by atoms with Crippen LogP contribution in [0.25, 0.3) is 11.4 Å². The number of rotatable bonds is 3. The first-order valence-corrected chi connectivity index (χ1v) is 9.15. The van der Waals surface area contributed by atoms with E-state index in [4.69, 9.17) is 9.47 Å². The zero-order valence-corrected chi connectivity index (χ0v) is 15.5. The molecule has 136 valence electrons. The number of hydrogen-bond donors (Lipinski definition) is 0. The van der Waals surface area contributed by atoms with E-state index in [0.29, 0.717) is 25.7 Å². The number of aryl methyl sites for hydroxylation is 1. The zero-order valence-electron chi connectivity index (χ0n) is 15.5. The maximum atomic E-state index is 5.71. The fraction of sp³-hybridized carbons (Fsp3) is 0.550. The third-order valence-electron chi connectivity index (χ3n) is 4.64. The molecule has 1 aliphatic heterocycles. The Morgan fingerprint density at radius 1 is 1.27 bits per heavy atom. The Morgan fingerprint density at radius 3 is 2.73 bits per heavy atom. The Hall–Kier alpha value is -2.23. The molecule has 0 amide bonds. The molecular formula is C20H24N4O2. The smallest absolute Gasteiger partial charge is 0.162 e. The van der Waals surface area contributed by atoms with Crippen molar-refractivity contribution >= 4 is 0 Å². The van der Waals surface area contributed by atoms with E-state index in [-0.39, 0.29) is 5.92 Å². The molecular weight excluding hydrogens is 328 g/mol. The quantitative estimate of drug-likeness (QED) is 0.795. The average Bonchev–Trinajstić information content (AvgIpc) is 3.33. The standard InChI is InChI=1S/C20H24N4O2/c1-14-8-16(7-6-15-4-5-15)9-21-19(14)18-11-24(23-22-18)10-17-12-25-20(2,3)26-13-17/h8-9,11,15,17H,4-5,10,12-13H2,1-3H3. The lowest BCUT2D eigenvalue weighted by Gasteiger charge is -2.34. The van der Waals surface area contributed by atoms with Crippen molar-refractivity contribution in [2.75, 3.05) is 13.2 Å². The van der Waals surface area contributed by atoms with Crippen molar-refractivity contribution in [1.82, 2.24) is 20.0 Å². The van der Waals surface area contributed by atoms with Gasteiger partial charge in [0.05, 0.1) is 25.1 Å². The van der Waals surface area contributed by atoms with Crippen LogP contribution in [0.3, 0.4) is 0 Å². The van der Waals surface area contributed by atoms with Gasteiger partial charge in [-0.3, -0.25) is 9.67 Å². The van der Waals surface area contributed by atoms with Gasteiger partial charge in [0, 0.05) is 30.1 Å². The Kier molecular flexibility index (Phi) is 4.51. The summed E-state index contributed by atoms with van der Waals surface area (Å²) in [6.45, 7) is 7.94. The van der Waals surface area contributed by atoms with Crippen molar-refractivity contribution in [1.29, 1.82) is 0 Å². The first kappa shape index (κ1) is 17.2. The van der Waals surface area contributed by atoms with Crippen LogP contribution < -0.4 is 0 Å². The fourth-order valence-electron chi connectivity index (χ4n) is 2.92. The predicted octanol–water partition coefficient (Wildman–Crippen LogP) is 2.81. The van der Waals surface area contributed by atoms with Crippen molar-refractivity contribution in [2.45, 2.75) is 45.9 Å². The molecule has 2 fully saturated rings. The van der Waals surface area contributed by atoms with Gasteiger partial charge in [-0.2, -0.15) is 0 Å². The molecule has 1 aliphatic carbocycles. The number of ether oxygens (including phenoxy) is 2. The fourth-order valence-corrected chi connectivity index (χ4v) is 2.92. The summed E-state index contributed by atoms with van der Waals surface area (Å²) >= 11 is 0. The first-order valence-electron chi connectivity index (χ1n) is 9.15. The summed E-state index contributed by atoms with van der Waals surface area (Å²) in [7, 11) is 0. The third kappa shape index (κ3) is 4.12. The van der Waals surface area contributed by atoms with Gasteiger partial charge >= 0.3 is 0 Å². The molecule has 4 rings (SSSR count). The molecule has 0 bridgehead atoms. The van der Waals surface area contributed by atoms with Gasteiger partial charge in [-0.1, -0.05) is 17.1 Å². The molecule has 6 heteroatoms. The van der Waals surface area contributed by atoms with Gasteiger partial charge in [0.15, 0.2) is 5.79 Å². The van der Waals surface area contributed by atoms with E-state index in [1.54, 1.807) is 0 Å². The molecule has 0 aromatic carbocycles. The normalized spacial score (nSPS) is 19.8. The van der Waals surface area contributed by atoms with Gasteiger partial charge in [-0.25, -0.2) is 0 Å². The largest absolute Gasteiger partial charge is 0.350 e. The SMILES string of the molecule is Cc1cc(C#CC2CC2)cnc1-c1cn(CC2COC(C)(C)OC2)nn1. The van der Waals surface area contributed by atoms with Crippen molar-refractivity contribution in [3.63, 3.8) is 0 Å². The Labute approximate surface area is 153 Å². The number of hydrogen-bond acceptors (Lipinski definition) is 5. The second kappa shape index (κ2) is 6.82. The molecule has 0 atom stereocenters. The summed E-state index contributed by atoms with van der Waals surface area (Å²) in [5.74, 6) is 6.85. The molecule has 2 aromatic rings. The van der Waals surface area contributed by atoms with Gasteiger partial charge in [0.2, 0.25) is 0 Å². The third-order valence-corrected chi connectivity index (χ3v) is 4.64. The minimum absolute atomic E-state index is 0.270. The molecule has 26 heavy (non-hydrogen) atoms. The molecule has 0 spiro atoms. The minimum Gasteiger partial charge on any atom is -0.350 e. The van der Waals surface area contributed by atoms with Crippen LogP contribution >= 0.6 is 0 Å². The molecule has 0 unspecified atom stereocenters. The molecule has 6 nitrogen and oxygen atoms in total. The molecule has 0 radical (unpaired) electrons. The Bertz CT molecular complexity index is 848. The highest BCUT2D eigenvalue weighted by molar-refractivity contribution is 5.58. The van der Waals surface area contributed by atoms with E-state index in [0.717, 1.165) is 22.5 Å². The summed E-state index contributed by atoms with van der Waals surface area (Å²) in [4.78, 5) is 4.56. The van der Waals surface area contributed by atoms with Crippen LogP contribution in [0.1, 0.15) is 37.8 Å². The van der Waals surface area contributed by atoms with Gasteiger partial charge < -0.3 is 9.47 Å². The van der Waals surface area contributed by atoms with Gasteiger partial charge in [-0.15, -0.1) is 5.10 Å². The van der Waals surface area contributed by atoms with Crippen molar-refractivity contribution < 1.29 is 9.47 Å². The summed E-state index contributed by atoms with van der Waals surface area (Å²) in [5.41, 5.74) is 3.66. The Morgan fingerprint density at radius 2 is 2.04 bits per heavy atom. The van der Waals surface area contributed by atoms with Gasteiger partial charge in [0.1, 0.15) is 5.69 Å². The van der Waals surface area contributed by atoms with Crippen LogP contribution in [0.2, 0.25) is 0 Å². The molecule has 1 saturated carbocycles. The van der Waals surface area contributed by atoms with Crippen molar-refractivity contribution in [3.05, 3.63) is 29.6 Å². The van der Waals surface area contributed by atoms with Crippen LogP contribution in [-0.2, 0) is 16.0 Å². The van der Waals surface area contributed by atoms with Crippen LogP contribution in [0, 0.1) is 30.6 Å². The van der Waals surface area contributed by atoms with E-state index in [1.165, 1.54) is 12.8 Å². The highest BCUT2D eigenvalue weighted by Crippen LogP contribution is 2.28. The lowest BCUT2D eigenvalue weighted by Crippen LogP contribution is -2.40. The summed E-state index contributed by atoms with van der Waals surface area (Å²) in [5, 5.41) is 8.53. The zero-order chi connectivity index (χ0) is 18.1. The summed E-state index contributed by atoms with van der Waals surface area (Å²) in [6.07, 6.45) is 6.22. The van der Waals surface area contributed by atoms with E-state index < -0.39 is 5.79 Å². The van der Waals surface area contributed by atoms with Crippen LogP contribution in [0.5, 0.6) is 0 Å². The second-order valence-electron chi connectivity index (χ2n) is 7.65. The van der Waals surface area contributed by atoms with E-state index >= 15 is 0 Å². The Balaban J connectivity index is 1.43. The topological polar surface area (TPSA) is 62.1 Å².